The van der Waals surface area contributed by atoms with E-state index < -0.39 is 18.2 Å². The van der Waals surface area contributed by atoms with Gasteiger partial charge in [0.1, 0.15) is 12.2 Å². The maximum atomic E-state index is 11.5. The van der Waals surface area contributed by atoms with Gasteiger partial charge in [-0.05, 0) is 17.8 Å². The molecule has 1 rings (SSSR count). The van der Waals surface area contributed by atoms with Crippen molar-refractivity contribution in [1.29, 1.82) is 0 Å². The fraction of sp³-hybridized carbons (Fsp3) is 0.286. The molecule has 19 heavy (non-hydrogen) atoms. The third-order valence-electron chi connectivity index (χ3n) is 2.26. The summed E-state index contributed by atoms with van der Waals surface area (Å²) in [5, 5.41) is 8.58. The molecule has 1 N–H and O–H groups in total. The largest absolute Gasteiger partial charge is 0.493 e. The van der Waals surface area contributed by atoms with E-state index in [1.807, 2.05) is 31.2 Å². The molecule has 0 bridgehead atoms. The zero-order chi connectivity index (χ0) is 14.3. The van der Waals surface area contributed by atoms with Gasteiger partial charge in [-0.25, -0.2) is 0 Å². The first-order valence-electron chi connectivity index (χ1n) is 5.85. The summed E-state index contributed by atoms with van der Waals surface area (Å²) < 4.78 is 6.43. The normalized spacial score (nSPS) is 15.4. The standard InChI is InChI=1S/C14H15BrO4/c1-2-19-13(8-12(16)9-14(17)18)10-4-3-5-11(15)7-6-10/h3-4,6-8H,2,5,9H2,1H3,(H,17,18)/b13-8-. The Bertz CT molecular complexity index is 484. The first-order valence-corrected chi connectivity index (χ1v) is 6.64. The Labute approximate surface area is 120 Å². The molecule has 0 fully saturated rings. The van der Waals surface area contributed by atoms with E-state index in [1.165, 1.54) is 6.08 Å². The van der Waals surface area contributed by atoms with Crippen LogP contribution in [-0.2, 0) is 14.3 Å². The van der Waals surface area contributed by atoms with E-state index in [0.717, 1.165) is 16.5 Å². The third-order valence-corrected chi connectivity index (χ3v) is 2.84. The Morgan fingerprint density at radius 2 is 2.21 bits per heavy atom. The van der Waals surface area contributed by atoms with Gasteiger partial charge in [-0.15, -0.1) is 0 Å². The number of carbonyl (C=O) groups excluding carboxylic acids is 1. The van der Waals surface area contributed by atoms with Crippen LogP contribution >= 0.6 is 15.9 Å². The summed E-state index contributed by atoms with van der Waals surface area (Å²) in [6.07, 6.45) is 8.96. The van der Waals surface area contributed by atoms with Crippen LogP contribution in [0.25, 0.3) is 0 Å². The van der Waals surface area contributed by atoms with Crippen LogP contribution in [-0.4, -0.2) is 23.5 Å². The van der Waals surface area contributed by atoms with Crippen molar-refractivity contribution in [2.24, 2.45) is 0 Å². The van der Waals surface area contributed by atoms with Gasteiger partial charge < -0.3 is 9.84 Å². The number of aliphatic carboxylic acids is 1. The third kappa shape index (κ3) is 5.70. The first-order chi connectivity index (χ1) is 9.02. The van der Waals surface area contributed by atoms with Crippen LogP contribution in [0, 0.1) is 0 Å². The molecule has 0 aromatic carbocycles. The van der Waals surface area contributed by atoms with Crippen LogP contribution in [0.5, 0.6) is 0 Å². The number of carboxylic acids is 1. The molecule has 4 nitrogen and oxygen atoms in total. The minimum Gasteiger partial charge on any atom is -0.493 e. The van der Waals surface area contributed by atoms with Crippen molar-refractivity contribution < 1.29 is 19.4 Å². The van der Waals surface area contributed by atoms with Gasteiger partial charge in [-0.2, -0.15) is 0 Å². The predicted octanol–water partition coefficient (Wildman–Crippen LogP) is 3.12. The molecule has 0 aromatic heterocycles. The number of ether oxygens (including phenoxy) is 1. The smallest absolute Gasteiger partial charge is 0.311 e. The fourth-order valence-electron chi connectivity index (χ4n) is 1.48. The summed E-state index contributed by atoms with van der Waals surface area (Å²) in [5.41, 5.74) is 0.745. The van der Waals surface area contributed by atoms with Crippen molar-refractivity contribution >= 4 is 27.7 Å². The van der Waals surface area contributed by atoms with E-state index in [1.54, 1.807) is 0 Å². The summed E-state index contributed by atoms with van der Waals surface area (Å²) in [5.74, 6) is -1.24. The average molecular weight is 327 g/mol. The fourth-order valence-corrected chi connectivity index (χ4v) is 1.80. The highest BCUT2D eigenvalue weighted by Crippen LogP contribution is 2.21. The predicted molar refractivity (Wildman–Crippen MR) is 75.8 cm³/mol. The number of hydrogen-bond acceptors (Lipinski definition) is 3. The molecule has 0 spiro atoms. The van der Waals surface area contributed by atoms with Crippen molar-refractivity contribution in [3.63, 3.8) is 0 Å². The maximum Gasteiger partial charge on any atom is 0.311 e. The lowest BCUT2D eigenvalue weighted by molar-refractivity contribution is -0.139. The summed E-state index contributed by atoms with van der Waals surface area (Å²) >= 11 is 3.40. The van der Waals surface area contributed by atoms with Gasteiger partial charge in [-0.1, -0.05) is 40.2 Å². The number of halogens is 1. The first kappa shape index (κ1) is 15.4. The molecule has 0 saturated carbocycles. The summed E-state index contributed by atoms with van der Waals surface area (Å²) in [7, 11) is 0. The second kappa shape index (κ2) is 7.74. The Morgan fingerprint density at radius 3 is 2.84 bits per heavy atom. The molecule has 5 heteroatoms. The van der Waals surface area contributed by atoms with Crippen molar-refractivity contribution in [2.45, 2.75) is 19.8 Å². The summed E-state index contributed by atoms with van der Waals surface area (Å²) in [6.45, 7) is 2.21. The van der Waals surface area contributed by atoms with E-state index in [2.05, 4.69) is 15.9 Å². The lowest BCUT2D eigenvalue weighted by atomic mass is 10.1. The van der Waals surface area contributed by atoms with E-state index in [-0.39, 0.29) is 0 Å². The molecular formula is C14H15BrO4. The number of ketones is 1. The highest BCUT2D eigenvalue weighted by Gasteiger charge is 2.10. The van der Waals surface area contributed by atoms with Crippen LogP contribution in [0.4, 0.5) is 0 Å². The number of carboxylic acid groups (broad SMARTS) is 1. The Hall–Kier alpha value is -1.62. The number of rotatable bonds is 6. The van der Waals surface area contributed by atoms with E-state index >= 15 is 0 Å². The molecule has 1 aliphatic rings. The van der Waals surface area contributed by atoms with Gasteiger partial charge in [-0.3, -0.25) is 9.59 Å². The van der Waals surface area contributed by atoms with Crippen LogP contribution in [0.3, 0.4) is 0 Å². The van der Waals surface area contributed by atoms with Gasteiger partial charge in [0.05, 0.1) is 6.61 Å². The van der Waals surface area contributed by atoms with E-state index in [0.29, 0.717) is 12.4 Å². The molecule has 0 radical (unpaired) electrons. The zero-order valence-electron chi connectivity index (χ0n) is 10.6. The minimum atomic E-state index is -1.15. The summed E-state index contributed by atoms with van der Waals surface area (Å²) in [6, 6.07) is 0. The van der Waals surface area contributed by atoms with Crippen molar-refractivity contribution in [3.8, 4) is 0 Å². The second-order valence-corrected chi connectivity index (χ2v) is 4.84. The second-order valence-electron chi connectivity index (χ2n) is 3.82. The van der Waals surface area contributed by atoms with Gasteiger partial charge in [0.2, 0.25) is 0 Å². The summed E-state index contributed by atoms with van der Waals surface area (Å²) in [4.78, 5) is 22.0. The molecule has 102 valence electrons. The van der Waals surface area contributed by atoms with Crippen molar-refractivity contribution in [3.05, 3.63) is 46.2 Å². The van der Waals surface area contributed by atoms with Gasteiger partial charge in [0, 0.05) is 11.6 Å². The molecule has 0 saturated heterocycles. The monoisotopic (exact) mass is 326 g/mol. The zero-order valence-corrected chi connectivity index (χ0v) is 12.1. The SMILES string of the molecule is CCO/C(=C\C(=O)CC(=O)O)C1=CC=C(Br)CC=C1. The Kier molecular flexibility index (Phi) is 6.29. The van der Waals surface area contributed by atoms with Crippen LogP contribution in [0.1, 0.15) is 19.8 Å². The topological polar surface area (TPSA) is 63.6 Å². The van der Waals surface area contributed by atoms with E-state index in [4.69, 9.17) is 9.84 Å². The number of carbonyl (C=O) groups is 2. The van der Waals surface area contributed by atoms with Crippen LogP contribution in [0.2, 0.25) is 0 Å². The lowest BCUT2D eigenvalue weighted by Crippen LogP contribution is -2.06. The minimum absolute atomic E-state index is 0.392. The highest BCUT2D eigenvalue weighted by atomic mass is 79.9. The van der Waals surface area contributed by atoms with Gasteiger partial charge in [0.25, 0.3) is 0 Å². The molecule has 0 atom stereocenters. The Balaban J connectivity index is 2.97. The molecule has 0 amide bonds. The molecule has 0 unspecified atom stereocenters. The highest BCUT2D eigenvalue weighted by molar-refractivity contribution is 9.11. The number of hydrogen-bond donors (Lipinski definition) is 1. The van der Waals surface area contributed by atoms with Gasteiger partial charge in [0.15, 0.2) is 5.78 Å². The van der Waals surface area contributed by atoms with Crippen molar-refractivity contribution in [2.75, 3.05) is 6.61 Å². The molecule has 0 heterocycles. The number of allylic oxidation sites excluding steroid dienone is 6. The average Bonchev–Trinajstić information content (AvgIpc) is 2.52. The van der Waals surface area contributed by atoms with Crippen molar-refractivity contribution in [1.82, 2.24) is 0 Å². The molecular weight excluding hydrogens is 312 g/mol. The van der Waals surface area contributed by atoms with Gasteiger partial charge >= 0.3 is 5.97 Å². The van der Waals surface area contributed by atoms with E-state index in [9.17, 15) is 9.59 Å². The quantitative estimate of drug-likeness (QED) is 0.462. The molecule has 0 aromatic rings. The maximum absolute atomic E-state index is 11.5. The Morgan fingerprint density at radius 1 is 1.47 bits per heavy atom. The van der Waals surface area contributed by atoms with Crippen LogP contribution in [0.15, 0.2) is 46.2 Å². The lowest BCUT2D eigenvalue weighted by Gasteiger charge is -2.08. The molecule has 0 aliphatic heterocycles. The van der Waals surface area contributed by atoms with Crippen LogP contribution < -0.4 is 0 Å². The molecule has 1 aliphatic carbocycles.